The third kappa shape index (κ3) is 12.6. The number of amides is 2. The van der Waals surface area contributed by atoms with Gasteiger partial charge in [-0.25, -0.2) is 17.9 Å². The third-order valence-electron chi connectivity index (χ3n) is 4.64. The average Bonchev–Trinajstić information content (AvgIpc) is 3.34. The molecule has 2 rings (SSSR count). The van der Waals surface area contributed by atoms with Gasteiger partial charge in [-0.15, -0.1) is 5.10 Å². The minimum absolute atomic E-state index is 0.0526. The topological polar surface area (TPSA) is 253 Å². The first-order valence-corrected chi connectivity index (χ1v) is 13.8. The molecule has 1 aromatic heterocycles. The Hall–Kier alpha value is -4.16. The normalized spacial score (nSPS) is 11.5. The molecule has 1 atom stereocenters. The van der Waals surface area contributed by atoms with Crippen LogP contribution >= 0.6 is 0 Å². The standard InChI is InChI=1S/C13H25N3O7S.C9H8N4O3/c1-3-22-12(18)8-10(13(19)23-4-2)16-24(20,21)7-5-6-15-11(17)9-14;14-8(15)5-10-9(16)13-7-4-2-1-3-6(7)11-12-13/h10,16H,3-9,14H2,1-2H3,(H,15,17);1-4H,5H2,(H,10,16)(H,14,15)/p+1. The highest BCUT2D eigenvalue weighted by molar-refractivity contribution is 7.89. The summed E-state index contributed by atoms with van der Waals surface area (Å²) in [5, 5.41) is 20.5. The number of benzene rings is 1. The second kappa shape index (κ2) is 17.4. The Morgan fingerprint density at radius 2 is 1.75 bits per heavy atom. The van der Waals surface area contributed by atoms with Gasteiger partial charge in [0.2, 0.25) is 10.0 Å². The van der Waals surface area contributed by atoms with Crippen LogP contribution in [0.1, 0.15) is 26.7 Å². The predicted molar refractivity (Wildman–Crippen MR) is 138 cm³/mol. The van der Waals surface area contributed by atoms with Crippen LogP contribution < -0.4 is 21.1 Å². The summed E-state index contributed by atoms with van der Waals surface area (Å²) in [6.07, 6.45) is -0.305. The molecule has 17 nitrogen and oxygen atoms in total. The van der Waals surface area contributed by atoms with Crippen molar-refractivity contribution in [2.75, 3.05) is 38.6 Å². The molecule has 1 aromatic carbocycles. The number of carboxylic acid groups (broad SMARTS) is 1. The number of sulfonamides is 1. The Kier molecular flexibility index (Phi) is 14.8. The van der Waals surface area contributed by atoms with E-state index < -0.39 is 53.0 Å². The number of aromatic nitrogens is 3. The maximum atomic E-state index is 12.0. The van der Waals surface area contributed by atoms with E-state index in [-0.39, 0.29) is 44.4 Å². The smallest absolute Gasteiger partial charge is 0.344 e. The van der Waals surface area contributed by atoms with Gasteiger partial charge in [-0.2, -0.15) is 4.68 Å². The number of nitrogens with zero attached hydrogens (tertiary/aromatic N) is 3. The van der Waals surface area contributed by atoms with Crippen molar-refractivity contribution in [3.8, 4) is 0 Å². The second-order valence-electron chi connectivity index (χ2n) is 7.75. The summed E-state index contributed by atoms with van der Waals surface area (Å²) in [5.41, 5.74) is 4.50. The van der Waals surface area contributed by atoms with Gasteiger partial charge in [0, 0.05) is 6.54 Å². The fourth-order valence-corrected chi connectivity index (χ4v) is 4.16. The van der Waals surface area contributed by atoms with Crippen molar-refractivity contribution in [1.82, 2.24) is 30.3 Å². The highest BCUT2D eigenvalue weighted by Gasteiger charge is 2.28. The molecule has 1 heterocycles. The number of hydrogen-bond donors (Lipinski definition) is 5. The Morgan fingerprint density at radius 1 is 1.07 bits per heavy atom. The van der Waals surface area contributed by atoms with E-state index in [1.807, 2.05) is 0 Å². The van der Waals surface area contributed by atoms with E-state index in [2.05, 4.69) is 31.4 Å². The first kappa shape index (κ1) is 33.9. The average molecular weight is 589 g/mol. The van der Waals surface area contributed by atoms with Crippen LogP contribution in [0, 0.1) is 0 Å². The molecule has 0 saturated carbocycles. The number of fused-ring (bicyclic) bond motifs is 1. The summed E-state index contributed by atoms with van der Waals surface area (Å²) < 4.78 is 36.7. The van der Waals surface area contributed by atoms with Crippen molar-refractivity contribution in [2.45, 2.75) is 32.7 Å². The Bertz CT molecular complexity index is 1270. The lowest BCUT2D eigenvalue weighted by atomic mass is 10.2. The van der Waals surface area contributed by atoms with Gasteiger partial charge in [0.25, 0.3) is 5.91 Å². The summed E-state index contributed by atoms with van der Waals surface area (Å²) >= 11 is 0. The summed E-state index contributed by atoms with van der Waals surface area (Å²) in [4.78, 5) is 56.1. The molecule has 40 heavy (non-hydrogen) atoms. The summed E-state index contributed by atoms with van der Waals surface area (Å²) in [7, 11) is -3.83. The zero-order chi connectivity index (χ0) is 30.1. The minimum Gasteiger partial charge on any atom is -0.480 e. The lowest BCUT2D eigenvalue weighted by Crippen LogP contribution is -2.57. The van der Waals surface area contributed by atoms with Gasteiger partial charge < -0.3 is 30.9 Å². The van der Waals surface area contributed by atoms with Crippen LogP contribution in [0.25, 0.3) is 11.0 Å². The van der Waals surface area contributed by atoms with E-state index in [0.29, 0.717) is 11.0 Å². The van der Waals surface area contributed by atoms with Crippen molar-refractivity contribution >= 4 is 50.9 Å². The van der Waals surface area contributed by atoms with Gasteiger partial charge in [0.05, 0.1) is 30.9 Å². The van der Waals surface area contributed by atoms with E-state index in [1.54, 1.807) is 38.1 Å². The molecule has 18 heteroatoms. The van der Waals surface area contributed by atoms with Crippen molar-refractivity contribution < 1.29 is 52.7 Å². The maximum Gasteiger partial charge on any atom is 0.344 e. The predicted octanol–water partition coefficient (Wildman–Crippen LogP) is -2.39. The first-order chi connectivity index (χ1) is 18.9. The van der Waals surface area contributed by atoms with E-state index >= 15 is 0 Å². The van der Waals surface area contributed by atoms with Gasteiger partial charge >= 0.3 is 23.9 Å². The Balaban J connectivity index is 0.000000429. The number of carboxylic acids is 1. The molecule has 0 spiro atoms. The number of carbonyl (C=O) groups excluding carboxylic acids is 4. The van der Waals surface area contributed by atoms with Crippen molar-refractivity contribution in [2.24, 2.45) is 0 Å². The minimum atomic E-state index is -3.83. The third-order valence-corrected chi connectivity index (χ3v) is 6.11. The molecule has 2 amide bonds. The zero-order valence-corrected chi connectivity index (χ0v) is 22.9. The number of nitrogens with one attached hydrogen (secondary N) is 3. The van der Waals surface area contributed by atoms with Gasteiger partial charge in [-0.05, 0) is 32.4 Å². The number of aliphatic carboxylic acids is 1. The number of rotatable bonds is 14. The molecule has 0 fully saturated rings. The zero-order valence-electron chi connectivity index (χ0n) is 22.1. The van der Waals surface area contributed by atoms with E-state index in [0.717, 1.165) is 4.68 Å². The molecular weight excluding hydrogens is 554 g/mol. The van der Waals surface area contributed by atoms with Crippen LogP contribution in [0.3, 0.4) is 0 Å². The maximum absolute atomic E-state index is 12.0. The number of para-hydroxylation sites is 1. The van der Waals surface area contributed by atoms with Crippen LogP contribution in [-0.2, 0) is 38.7 Å². The van der Waals surface area contributed by atoms with Gasteiger partial charge in [0.1, 0.15) is 18.1 Å². The summed E-state index contributed by atoms with van der Waals surface area (Å²) in [6, 6.07) is 4.95. The molecule has 0 aliphatic heterocycles. The van der Waals surface area contributed by atoms with Gasteiger partial charge in [0.15, 0.2) is 6.54 Å². The highest BCUT2D eigenvalue weighted by Crippen LogP contribution is 2.08. The number of esters is 2. The lowest BCUT2D eigenvalue weighted by molar-refractivity contribution is -0.355. The van der Waals surface area contributed by atoms with Crippen LogP contribution in [0.2, 0.25) is 0 Å². The first-order valence-electron chi connectivity index (χ1n) is 12.1. The number of hydrogen-bond acceptors (Lipinski definition) is 11. The van der Waals surface area contributed by atoms with Crippen LogP contribution in [0.4, 0.5) is 4.79 Å². The molecule has 222 valence electrons. The number of quaternary nitrogens is 1. The molecule has 2 aromatic rings. The van der Waals surface area contributed by atoms with Crippen LogP contribution in [0.15, 0.2) is 24.3 Å². The SMILES string of the molecule is CCOC(=O)CC(NS(=O)(=O)CCCNC(=O)C[NH3+])C(=O)OCC.O=C(O)CNC(=O)n1nnc2ccccc21. The quantitative estimate of drug-likeness (QED) is 0.114. The Labute approximate surface area is 229 Å². The van der Waals surface area contributed by atoms with E-state index in [9.17, 15) is 32.4 Å². The lowest BCUT2D eigenvalue weighted by Gasteiger charge is -2.16. The molecular formula is C22H34N7O10S+. The van der Waals surface area contributed by atoms with E-state index in [1.165, 1.54) is 0 Å². The number of ether oxygens (including phenoxy) is 2. The largest absolute Gasteiger partial charge is 0.480 e. The Morgan fingerprint density at radius 3 is 2.38 bits per heavy atom. The highest BCUT2D eigenvalue weighted by atomic mass is 32.2. The summed E-state index contributed by atoms with van der Waals surface area (Å²) in [6.45, 7) is 3.12. The monoisotopic (exact) mass is 588 g/mol. The van der Waals surface area contributed by atoms with Gasteiger partial charge in [-0.3, -0.25) is 19.2 Å². The molecule has 0 radical (unpaired) electrons. The molecule has 0 aliphatic rings. The molecule has 0 aliphatic carbocycles. The fourth-order valence-electron chi connectivity index (χ4n) is 2.90. The molecule has 0 saturated heterocycles. The fraction of sp³-hybridized carbons (Fsp3) is 0.500. The van der Waals surface area contributed by atoms with E-state index in [4.69, 9.17) is 14.6 Å². The number of carbonyl (C=O) groups is 5. The summed E-state index contributed by atoms with van der Waals surface area (Å²) in [5.74, 6) is -3.27. The molecule has 7 N–H and O–H groups in total. The van der Waals surface area contributed by atoms with Crippen LogP contribution in [-0.4, -0.2) is 103 Å². The van der Waals surface area contributed by atoms with Crippen molar-refractivity contribution in [1.29, 1.82) is 0 Å². The molecule has 1 unspecified atom stereocenters. The van der Waals surface area contributed by atoms with Crippen molar-refractivity contribution in [3.05, 3.63) is 24.3 Å². The van der Waals surface area contributed by atoms with Gasteiger partial charge in [-0.1, -0.05) is 17.3 Å². The van der Waals surface area contributed by atoms with Crippen molar-refractivity contribution in [3.63, 3.8) is 0 Å². The second-order valence-corrected chi connectivity index (χ2v) is 9.62. The van der Waals surface area contributed by atoms with Crippen LogP contribution in [0.5, 0.6) is 0 Å². The molecule has 0 bridgehead atoms.